The number of aromatic amines is 1. The molecule has 190 valence electrons. The van der Waals surface area contributed by atoms with Crippen LogP contribution in [-0.2, 0) is 9.53 Å². The summed E-state index contributed by atoms with van der Waals surface area (Å²) in [5.41, 5.74) is 6.05. The Morgan fingerprint density at radius 3 is 2.24 bits per heavy atom. The number of nitrogens with zero attached hydrogens (tertiary/aromatic N) is 1. The predicted molar refractivity (Wildman–Crippen MR) is 146 cm³/mol. The number of fused-ring (bicyclic) bond motifs is 1. The van der Waals surface area contributed by atoms with Gasteiger partial charge in [-0.05, 0) is 43.0 Å². The molecule has 1 amide bonds. The van der Waals surface area contributed by atoms with Crippen molar-refractivity contribution in [1.82, 2.24) is 15.2 Å². The molecule has 5 rings (SSSR count). The van der Waals surface area contributed by atoms with Crippen LogP contribution in [0.5, 0.6) is 0 Å². The van der Waals surface area contributed by atoms with Crippen molar-refractivity contribution in [2.45, 2.75) is 38.3 Å². The maximum atomic E-state index is 13.4. The zero-order valence-electron chi connectivity index (χ0n) is 21.5. The molecule has 0 bridgehead atoms. The van der Waals surface area contributed by atoms with Gasteiger partial charge in [-0.3, -0.25) is 14.5 Å². The topological polar surface area (TPSA) is 74.4 Å². The summed E-state index contributed by atoms with van der Waals surface area (Å²) < 4.78 is 5.17. The Kier molecular flexibility index (Phi) is 7.10. The van der Waals surface area contributed by atoms with Crippen LogP contribution in [0.3, 0.4) is 0 Å². The number of hydrogen-bond donors (Lipinski definition) is 2. The number of methoxy groups -OCH3 is 1. The number of aromatic nitrogens is 1. The molecule has 6 nitrogen and oxygen atoms in total. The minimum Gasteiger partial charge on any atom is -0.468 e. The van der Waals surface area contributed by atoms with Gasteiger partial charge in [0.2, 0.25) is 0 Å². The molecule has 1 saturated heterocycles. The second-order valence-corrected chi connectivity index (χ2v) is 9.88. The Balaban J connectivity index is 1.39. The molecule has 1 aliphatic rings. The summed E-state index contributed by atoms with van der Waals surface area (Å²) in [5, 5.41) is 4.25. The number of benzene rings is 3. The van der Waals surface area contributed by atoms with Crippen LogP contribution in [0.2, 0.25) is 0 Å². The minimum absolute atomic E-state index is 0.0858. The van der Waals surface area contributed by atoms with Crippen LogP contribution in [0.15, 0.2) is 78.9 Å². The van der Waals surface area contributed by atoms with Gasteiger partial charge in [-0.15, -0.1) is 0 Å². The lowest BCUT2D eigenvalue weighted by molar-refractivity contribution is -0.145. The van der Waals surface area contributed by atoms with Crippen molar-refractivity contribution in [2.75, 3.05) is 20.2 Å². The van der Waals surface area contributed by atoms with Crippen molar-refractivity contribution in [3.8, 4) is 0 Å². The summed E-state index contributed by atoms with van der Waals surface area (Å²) in [7, 11) is 1.43. The van der Waals surface area contributed by atoms with Gasteiger partial charge in [0.1, 0.15) is 6.04 Å². The van der Waals surface area contributed by atoms with Crippen LogP contribution >= 0.6 is 0 Å². The number of ether oxygens (including phenoxy) is 1. The molecule has 2 atom stereocenters. The number of rotatable bonds is 7. The first-order valence-electron chi connectivity index (χ1n) is 12.8. The number of likely N-dealkylation sites (tertiary alicyclic amines) is 1. The third-order valence-electron chi connectivity index (χ3n) is 7.62. The van der Waals surface area contributed by atoms with E-state index in [-0.39, 0.29) is 23.8 Å². The van der Waals surface area contributed by atoms with E-state index in [1.165, 1.54) is 18.2 Å². The number of H-pyrrole nitrogens is 1. The van der Waals surface area contributed by atoms with Gasteiger partial charge in [-0.25, -0.2) is 0 Å². The van der Waals surface area contributed by atoms with Crippen LogP contribution < -0.4 is 5.32 Å². The van der Waals surface area contributed by atoms with Crippen LogP contribution in [0.4, 0.5) is 0 Å². The highest BCUT2D eigenvalue weighted by Gasteiger charge is 2.39. The van der Waals surface area contributed by atoms with Crippen molar-refractivity contribution in [1.29, 1.82) is 0 Å². The molecular weight excluding hydrogens is 462 g/mol. The minimum atomic E-state index is -0.420. The summed E-state index contributed by atoms with van der Waals surface area (Å²) in [4.78, 5) is 31.7. The van der Waals surface area contributed by atoms with Crippen molar-refractivity contribution < 1.29 is 14.3 Å². The van der Waals surface area contributed by atoms with Gasteiger partial charge >= 0.3 is 5.97 Å². The molecule has 2 heterocycles. The van der Waals surface area contributed by atoms with Crippen LogP contribution in [-0.4, -0.2) is 54.0 Å². The van der Waals surface area contributed by atoms with Crippen molar-refractivity contribution in [3.63, 3.8) is 0 Å². The monoisotopic (exact) mass is 495 g/mol. The van der Waals surface area contributed by atoms with E-state index in [2.05, 4.69) is 46.4 Å². The quantitative estimate of drug-likeness (QED) is 0.355. The molecule has 0 saturated carbocycles. The summed E-state index contributed by atoms with van der Waals surface area (Å²) in [6, 6.07) is 25.9. The molecule has 0 spiro atoms. The van der Waals surface area contributed by atoms with Gasteiger partial charge in [0.15, 0.2) is 0 Å². The molecule has 0 aliphatic carbocycles. The average Bonchev–Trinajstić information content (AvgIpc) is 3.47. The summed E-state index contributed by atoms with van der Waals surface area (Å²) in [6.07, 6.45) is 0.507. The van der Waals surface area contributed by atoms with Gasteiger partial charge in [-0.1, -0.05) is 72.8 Å². The number of amides is 1. The van der Waals surface area contributed by atoms with Gasteiger partial charge in [0, 0.05) is 36.1 Å². The Hall–Kier alpha value is -3.90. The van der Waals surface area contributed by atoms with E-state index in [4.69, 9.17) is 4.74 Å². The van der Waals surface area contributed by atoms with E-state index in [9.17, 15) is 9.59 Å². The molecule has 1 aliphatic heterocycles. The fourth-order valence-corrected chi connectivity index (χ4v) is 5.53. The smallest absolute Gasteiger partial charge is 0.323 e. The Bertz CT molecular complexity index is 1360. The highest BCUT2D eigenvalue weighted by molar-refractivity contribution is 6.06. The lowest BCUT2D eigenvalue weighted by atomic mass is 9.90. The van der Waals surface area contributed by atoms with Crippen LogP contribution in [0, 0.1) is 13.8 Å². The molecule has 0 unspecified atom stereocenters. The van der Waals surface area contributed by atoms with Gasteiger partial charge in [0.05, 0.1) is 18.2 Å². The van der Waals surface area contributed by atoms with Gasteiger partial charge in [-0.2, -0.15) is 0 Å². The second-order valence-electron chi connectivity index (χ2n) is 9.88. The molecule has 1 aromatic heterocycles. The van der Waals surface area contributed by atoms with Crippen molar-refractivity contribution in [2.24, 2.45) is 0 Å². The fraction of sp³-hybridized carbons (Fsp3) is 0.290. The van der Waals surface area contributed by atoms with Crippen LogP contribution in [0.25, 0.3) is 10.9 Å². The zero-order valence-corrected chi connectivity index (χ0v) is 21.5. The first-order valence-corrected chi connectivity index (χ1v) is 12.8. The van der Waals surface area contributed by atoms with E-state index < -0.39 is 6.04 Å². The average molecular weight is 496 g/mol. The number of esters is 1. The van der Waals surface area contributed by atoms with E-state index in [0.29, 0.717) is 25.1 Å². The van der Waals surface area contributed by atoms with E-state index >= 15 is 0 Å². The first kappa shape index (κ1) is 24.8. The number of aryl methyl sites for hydroxylation is 2. The number of nitrogens with one attached hydrogen (secondary N) is 2. The number of carbonyl (C=O) groups is 2. The Morgan fingerprint density at radius 1 is 0.973 bits per heavy atom. The predicted octanol–water partition coefficient (Wildman–Crippen LogP) is 4.96. The van der Waals surface area contributed by atoms with E-state index in [0.717, 1.165) is 22.2 Å². The normalized spacial score (nSPS) is 17.8. The lowest BCUT2D eigenvalue weighted by Crippen LogP contribution is -2.40. The zero-order chi connectivity index (χ0) is 25.9. The number of carbonyl (C=O) groups excluding carboxylic acids is 2. The standard InChI is InChI=1S/C31H33N3O3/c1-20-21(2)32-29-25(20)15-10-16-26(29)30(35)33-24-17-28(31(36)37-3)34(18-24)19-27(22-11-6-4-7-12-22)23-13-8-5-9-14-23/h4-16,24,27-28,32H,17-19H2,1-3H3,(H,33,35)/t24-,28-/m0/s1. The SMILES string of the molecule is COC(=O)[C@@H]1C[C@H](NC(=O)c2cccc3c(C)c(C)[nH]c23)CN1CC(c1ccccc1)c1ccccc1. The highest BCUT2D eigenvalue weighted by atomic mass is 16.5. The van der Waals surface area contributed by atoms with Crippen LogP contribution in [0.1, 0.15) is 45.1 Å². The number of hydrogen-bond acceptors (Lipinski definition) is 4. The first-order chi connectivity index (χ1) is 18.0. The molecule has 0 radical (unpaired) electrons. The van der Waals surface area contributed by atoms with Crippen molar-refractivity contribution in [3.05, 3.63) is 107 Å². The largest absolute Gasteiger partial charge is 0.468 e. The third-order valence-corrected chi connectivity index (χ3v) is 7.62. The Labute approximate surface area is 217 Å². The van der Waals surface area contributed by atoms with Crippen molar-refractivity contribution >= 4 is 22.8 Å². The summed E-state index contributed by atoms with van der Waals surface area (Å²) >= 11 is 0. The number of para-hydroxylation sites is 1. The van der Waals surface area contributed by atoms with E-state index in [1.807, 2.05) is 61.5 Å². The molecule has 6 heteroatoms. The fourth-order valence-electron chi connectivity index (χ4n) is 5.53. The highest BCUT2D eigenvalue weighted by Crippen LogP contribution is 2.30. The Morgan fingerprint density at radius 2 is 1.62 bits per heavy atom. The molecule has 1 fully saturated rings. The maximum Gasteiger partial charge on any atom is 0.323 e. The second kappa shape index (κ2) is 10.6. The maximum absolute atomic E-state index is 13.4. The summed E-state index contributed by atoms with van der Waals surface area (Å²) in [5.74, 6) is -0.318. The molecule has 3 aromatic carbocycles. The van der Waals surface area contributed by atoms with Gasteiger partial charge in [0.25, 0.3) is 5.91 Å². The van der Waals surface area contributed by atoms with Gasteiger partial charge < -0.3 is 15.0 Å². The lowest BCUT2D eigenvalue weighted by Gasteiger charge is -2.28. The molecule has 2 N–H and O–H groups in total. The van der Waals surface area contributed by atoms with E-state index in [1.54, 1.807) is 0 Å². The third kappa shape index (κ3) is 5.02. The molecule has 37 heavy (non-hydrogen) atoms. The molecular formula is C31H33N3O3. The molecule has 4 aromatic rings. The summed E-state index contributed by atoms with van der Waals surface area (Å²) in [6.45, 7) is 5.29.